The summed E-state index contributed by atoms with van der Waals surface area (Å²) in [5.74, 6) is 0.100. The first-order valence-corrected chi connectivity index (χ1v) is 10.2. The zero-order valence-electron chi connectivity index (χ0n) is 13.4. The van der Waals surface area contributed by atoms with Crippen LogP contribution < -0.4 is 5.32 Å². The van der Waals surface area contributed by atoms with Crippen molar-refractivity contribution >= 4 is 45.7 Å². The molecule has 1 N–H and O–H groups in total. The molecule has 2 aromatic rings. The summed E-state index contributed by atoms with van der Waals surface area (Å²) in [6.45, 7) is 2.70. The fraction of sp³-hybridized carbons (Fsp3) is 0.438. The molecule has 128 valence electrons. The van der Waals surface area contributed by atoms with Gasteiger partial charge in [-0.05, 0) is 49.9 Å². The molecule has 0 unspecified atom stereocenters. The van der Waals surface area contributed by atoms with Crippen molar-refractivity contribution in [2.45, 2.75) is 23.7 Å². The Kier molecular flexibility index (Phi) is 6.10. The number of rotatable bonds is 5. The molecular formula is C16H19ClN4OS2. The van der Waals surface area contributed by atoms with Crippen LogP contribution in [0.3, 0.4) is 0 Å². The van der Waals surface area contributed by atoms with E-state index in [-0.39, 0.29) is 11.8 Å². The summed E-state index contributed by atoms with van der Waals surface area (Å²) < 4.78 is 0.863. The van der Waals surface area contributed by atoms with Gasteiger partial charge in [0.05, 0.1) is 0 Å². The van der Waals surface area contributed by atoms with Crippen molar-refractivity contribution in [1.82, 2.24) is 15.1 Å². The molecule has 0 saturated carbocycles. The number of benzene rings is 1. The lowest BCUT2D eigenvalue weighted by molar-refractivity contribution is -0.121. The predicted molar refractivity (Wildman–Crippen MR) is 99.8 cm³/mol. The predicted octanol–water partition coefficient (Wildman–Crippen LogP) is 3.76. The minimum absolute atomic E-state index is 0.0437. The SMILES string of the molecule is CSc1nnc(NC(=O)C2CCN(Cc3cccc(Cl)c3)CC2)s1. The van der Waals surface area contributed by atoms with Gasteiger partial charge in [-0.1, -0.05) is 46.8 Å². The van der Waals surface area contributed by atoms with Gasteiger partial charge in [0.25, 0.3) is 0 Å². The summed E-state index contributed by atoms with van der Waals surface area (Å²) in [7, 11) is 0. The van der Waals surface area contributed by atoms with Crippen molar-refractivity contribution in [2.75, 3.05) is 24.7 Å². The van der Waals surface area contributed by atoms with E-state index in [1.165, 1.54) is 28.7 Å². The van der Waals surface area contributed by atoms with Crippen LogP contribution in [0.25, 0.3) is 0 Å². The van der Waals surface area contributed by atoms with Crippen molar-refractivity contribution in [3.63, 3.8) is 0 Å². The Labute approximate surface area is 154 Å². The molecule has 8 heteroatoms. The van der Waals surface area contributed by atoms with Crippen LogP contribution in [0.4, 0.5) is 5.13 Å². The number of likely N-dealkylation sites (tertiary alicyclic amines) is 1. The second-order valence-electron chi connectivity index (χ2n) is 5.75. The summed E-state index contributed by atoms with van der Waals surface area (Å²) in [6, 6.07) is 7.95. The lowest BCUT2D eigenvalue weighted by Gasteiger charge is -2.31. The van der Waals surface area contributed by atoms with Gasteiger partial charge in [0.1, 0.15) is 0 Å². The highest BCUT2D eigenvalue weighted by Gasteiger charge is 2.25. The number of piperidine rings is 1. The number of thioether (sulfide) groups is 1. The lowest BCUT2D eigenvalue weighted by Crippen LogP contribution is -2.37. The highest BCUT2D eigenvalue weighted by Crippen LogP contribution is 2.25. The van der Waals surface area contributed by atoms with Crippen molar-refractivity contribution in [3.8, 4) is 0 Å². The van der Waals surface area contributed by atoms with E-state index >= 15 is 0 Å². The third-order valence-electron chi connectivity index (χ3n) is 4.06. The smallest absolute Gasteiger partial charge is 0.229 e. The first kappa shape index (κ1) is 17.7. The molecule has 0 aliphatic carbocycles. The van der Waals surface area contributed by atoms with Gasteiger partial charge in [-0.25, -0.2) is 0 Å². The van der Waals surface area contributed by atoms with Gasteiger partial charge in [0, 0.05) is 17.5 Å². The van der Waals surface area contributed by atoms with E-state index in [1.54, 1.807) is 0 Å². The van der Waals surface area contributed by atoms with E-state index in [0.29, 0.717) is 5.13 Å². The molecule has 1 fully saturated rings. The molecule has 0 bridgehead atoms. The van der Waals surface area contributed by atoms with Crippen LogP contribution in [0.1, 0.15) is 18.4 Å². The summed E-state index contributed by atoms with van der Waals surface area (Å²) >= 11 is 8.98. The first-order chi connectivity index (χ1) is 11.6. The van der Waals surface area contributed by atoms with Crippen LogP contribution in [-0.4, -0.2) is 40.3 Å². The molecule has 0 radical (unpaired) electrons. The Morgan fingerprint density at radius 3 is 2.88 bits per heavy atom. The molecule has 1 aromatic heterocycles. The molecule has 0 atom stereocenters. The number of carbonyl (C=O) groups is 1. The topological polar surface area (TPSA) is 58.1 Å². The second-order valence-corrected chi connectivity index (χ2v) is 8.21. The number of hydrogen-bond donors (Lipinski definition) is 1. The Morgan fingerprint density at radius 1 is 1.42 bits per heavy atom. The Hall–Kier alpha value is -1.15. The summed E-state index contributed by atoms with van der Waals surface area (Å²) in [4.78, 5) is 14.7. The monoisotopic (exact) mass is 382 g/mol. The maximum Gasteiger partial charge on any atom is 0.229 e. The molecule has 5 nitrogen and oxygen atoms in total. The summed E-state index contributed by atoms with van der Waals surface area (Å²) in [5.41, 5.74) is 1.21. The average Bonchev–Trinajstić information content (AvgIpc) is 3.03. The number of nitrogens with one attached hydrogen (secondary N) is 1. The van der Waals surface area contributed by atoms with Gasteiger partial charge in [-0.3, -0.25) is 9.69 Å². The summed E-state index contributed by atoms with van der Waals surface area (Å²) in [5, 5.41) is 12.2. The minimum Gasteiger partial charge on any atom is -0.300 e. The van der Waals surface area contributed by atoms with Crippen LogP contribution in [0.15, 0.2) is 28.6 Å². The van der Waals surface area contributed by atoms with E-state index in [4.69, 9.17) is 11.6 Å². The number of aromatic nitrogens is 2. The van der Waals surface area contributed by atoms with Gasteiger partial charge in [-0.15, -0.1) is 10.2 Å². The maximum atomic E-state index is 12.4. The van der Waals surface area contributed by atoms with Crippen molar-refractivity contribution in [1.29, 1.82) is 0 Å². The Morgan fingerprint density at radius 2 is 2.21 bits per heavy atom. The zero-order chi connectivity index (χ0) is 16.9. The van der Waals surface area contributed by atoms with Crippen LogP contribution in [0.2, 0.25) is 5.02 Å². The molecule has 0 spiro atoms. The number of amides is 1. The number of nitrogens with zero attached hydrogens (tertiary/aromatic N) is 3. The van der Waals surface area contributed by atoms with Crippen LogP contribution >= 0.6 is 34.7 Å². The normalized spacial score (nSPS) is 16.2. The number of carbonyl (C=O) groups excluding carboxylic acids is 1. The third kappa shape index (κ3) is 4.69. The van der Waals surface area contributed by atoms with Crippen molar-refractivity contribution in [2.24, 2.45) is 5.92 Å². The fourth-order valence-corrected chi connectivity index (χ4v) is 4.18. The lowest BCUT2D eigenvalue weighted by atomic mass is 9.95. The molecule has 3 rings (SSSR count). The minimum atomic E-state index is 0.0437. The number of halogens is 1. The van der Waals surface area contributed by atoms with E-state index in [0.717, 1.165) is 41.8 Å². The van der Waals surface area contributed by atoms with Gasteiger partial charge in [0.2, 0.25) is 11.0 Å². The molecule has 24 heavy (non-hydrogen) atoms. The Balaban J connectivity index is 1.48. The van der Waals surface area contributed by atoms with Crippen molar-refractivity contribution < 1.29 is 4.79 Å². The maximum absolute atomic E-state index is 12.4. The third-order valence-corrected chi connectivity index (χ3v) is 6.11. The largest absolute Gasteiger partial charge is 0.300 e. The molecule has 1 amide bonds. The summed E-state index contributed by atoms with van der Waals surface area (Å²) in [6.07, 6.45) is 3.67. The van der Waals surface area contributed by atoms with E-state index in [2.05, 4.69) is 26.5 Å². The second kappa shape index (κ2) is 8.29. The van der Waals surface area contributed by atoms with Gasteiger partial charge < -0.3 is 5.32 Å². The number of anilines is 1. The molecule has 1 aliphatic rings. The van der Waals surface area contributed by atoms with Gasteiger partial charge >= 0.3 is 0 Å². The Bertz CT molecular complexity index is 701. The highest BCUT2D eigenvalue weighted by molar-refractivity contribution is 8.00. The molecule has 1 aromatic carbocycles. The highest BCUT2D eigenvalue weighted by atomic mass is 35.5. The van der Waals surface area contributed by atoms with Gasteiger partial charge in [-0.2, -0.15) is 0 Å². The van der Waals surface area contributed by atoms with E-state index < -0.39 is 0 Å². The first-order valence-electron chi connectivity index (χ1n) is 7.79. The van der Waals surface area contributed by atoms with Gasteiger partial charge in [0.15, 0.2) is 4.34 Å². The quantitative estimate of drug-likeness (QED) is 0.630. The van der Waals surface area contributed by atoms with Crippen LogP contribution in [-0.2, 0) is 11.3 Å². The standard InChI is InChI=1S/C16H19ClN4OS2/c1-23-16-20-19-15(24-16)18-14(22)12-5-7-21(8-6-12)10-11-3-2-4-13(17)9-11/h2-4,9,12H,5-8,10H2,1H3,(H,18,19,22). The van der Waals surface area contributed by atoms with E-state index in [1.807, 2.05) is 24.5 Å². The van der Waals surface area contributed by atoms with Crippen molar-refractivity contribution in [3.05, 3.63) is 34.9 Å². The zero-order valence-corrected chi connectivity index (χ0v) is 15.8. The fourth-order valence-electron chi connectivity index (χ4n) is 2.80. The molecular weight excluding hydrogens is 364 g/mol. The van der Waals surface area contributed by atoms with Crippen LogP contribution in [0, 0.1) is 5.92 Å². The molecule has 1 aliphatic heterocycles. The molecule has 2 heterocycles. The van der Waals surface area contributed by atoms with Crippen LogP contribution in [0.5, 0.6) is 0 Å². The molecule has 1 saturated heterocycles. The average molecular weight is 383 g/mol. The number of hydrogen-bond acceptors (Lipinski definition) is 6. The van der Waals surface area contributed by atoms with E-state index in [9.17, 15) is 4.79 Å².